The first-order chi connectivity index (χ1) is 12.0. The van der Waals surface area contributed by atoms with Crippen LogP contribution < -0.4 is 10.2 Å². The lowest BCUT2D eigenvalue weighted by Gasteiger charge is -2.35. The first-order valence-corrected chi connectivity index (χ1v) is 9.34. The van der Waals surface area contributed by atoms with Gasteiger partial charge >= 0.3 is 0 Å². The van der Waals surface area contributed by atoms with Gasteiger partial charge in [-0.2, -0.15) is 5.10 Å². The number of amides is 1. The highest BCUT2D eigenvalue weighted by Crippen LogP contribution is 2.29. The summed E-state index contributed by atoms with van der Waals surface area (Å²) in [4.78, 5) is 17.3. The highest BCUT2D eigenvalue weighted by molar-refractivity contribution is 9.10. The number of hydrogen-bond donors (Lipinski definition) is 2. The molecule has 1 aliphatic heterocycles. The van der Waals surface area contributed by atoms with Crippen LogP contribution in [-0.2, 0) is 0 Å². The Morgan fingerprint density at radius 1 is 1.24 bits per heavy atom. The summed E-state index contributed by atoms with van der Waals surface area (Å²) in [5.74, 6) is 0.0534. The first kappa shape index (κ1) is 17.9. The third kappa shape index (κ3) is 3.88. The number of halogens is 1. The summed E-state index contributed by atoms with van der Waals surface area (Å²) in [5.41, 5.74) is 3.19. The van der Waals surface area contributed by atoms with Gasteiger partial charge in [0.25, 0.3) is 5.91 Å². The van der Waals surface area contributed by atoms with E-state index in [2.05, 4.69) is 68.2 Å². The van der Waals surface area contributed by atoms with Crippen molar-refractivity contribution in [3.05, 3.63) is 40.1 Å². The van der Waals surface area contributed by atoms with E-state index in [0.717, 1.165) is 47.7 Å². The third-order valence-corrected chi connectivity index (χ3v) is 5.32. The third-order valence-electron chi connectivity index (χ3n) is 4.52. The van der Waals surface area contributed by atoms with E-state index in [0.29, 0.717) is 5.69 Å². The molecule has 3 rings (SSSR count). The van der Waals surface area contributed by atoms with E-state index in [-0.39, 0.29) is 11.8 Å². The Bertz CT molecular complexity index is 750. The standard InChI is InChI=1S/C18H24BrN5O/c1-12(2)16-15(19)17(22-21-16)18(25)20-13-6-4-5-7-14(13)24-10-8-23(3)9-11-24/h4-7,12H,8-11H2,1-3H3,(H,20,25)(H,21,22). The van der Waals surface area contributed by atoms with Crippen molar-refractivity contribution in [2.75, 3.05) is 43.4 Å². The Hall–Kier alpha value is -1.86. The molecule has 0 radical (unpaired) electrons. The highest BCUT2D eigenvalue weighted by Gasteiger charge is 2.22. The molecule has 2 N–H and O–H groups in total. The Morgan fingerprint density at radius 3 is 2.56 bits per heavy atom. The maximum atomic E-state index is 12.7. The maximum absolute atomic E-state index is 12.7. The summed E-state index contributed by atoms with van der Waals surface area (Å²) in [6.45, 7) is 8.06. The molecule has 0 spiro atoms. The molecule has 2 aromatic rings. The molecule has 25 heavy (non-hydrogen) atoms. The van der Waals surface area contributed by atoms with Crippen LogP contribution in [0.1, 0.15) is 35.9 Å². The Balaban J connectivity index is 1.80. The Morgan fingerprint density at radius 2 is 1.92 bits per heavy atom. The number of piperazine rings is 1. The van der Waals surface area contributed by atoms with Gasteiger partial charge in [-0.15, -0.1) is 0 Å². The van der Waals surface area contributed by atoms with E-state index in [9.17, 15) is 4.79 Å². The van der Waals surface area contributed by atoms with Crippen molar-refractivity contribution in [1.29, 1.82) is 0 Å². The quantitative estimate of drug-likeness (QED) is 0.818. The second-order valence-corrected chi connectivity index (χ2v) is 7.51. The number of hydrogen-bond acceptors (Lipinski definition) is 4. The van der Waals surface area contributed by atoms with Crippen LogP contribution >= 0.6 is 15.9 Å². The van der Waals surface area contributed by atoms with Crippen molar-refractivity contribution in [3.8, 4) is 0 Å². The zero-order valence-corrected chi connectivity index (χ0v) is 16.4. The number of carbonyl (C=O) groups is 1. The molecule has 0 unspecified atom stereocenters. The van der Waals surface area contributed by atoms with Gasteiger partial charge in [0.2, 0.25) is 0 Å². The zero-order valence-electron chi connectivity index (χ0n) is 14.8. The zero-order chi connectivity index (χ0) is 18.0. The SMILES string of the molecule is CC(C)c1[nH]nc(C(=O)Nc2ccccc2N2CCN(C)CC2)c1Br. The van der Waals surface area contributed by atoms with Crippen molar-refractivity contribution >= 4 is 33.2 Å². The summed E-state index contributed by atoms with van der Waals surface area (Å²) in [6, 6.07) is 7.94. The number of carbonyl (C=O) groups excluding carboxylic acids is 1. The maximum Gasteiger partial charge on any atom is 0.277 e. The van der Waals surface area contributed by atoms with Crippen LogP contribution in [0.4, 0.5) is 11.4 Å². The summed E-state index contributed by atoms with van der Waals surface area (Å²) in [7, 11) is 2.13. The molecular formula is C18H24BrN5O. The predicted molar refractivity (Wildman–Crippen MR) is 104 cm³/mol. The lowest BCUT2D eigenvalue weighted by Crippen LogP contribution is -2.44. The first-order valence-electron chi connectivity index (χ1n) is 8.55. The van der Waals surface area contributed by atoms with Crippen LogP contribution in [0.3, 0.4) is 0 Å². The molecule has 1 aromatic carbocycles. The van der Waals surface area contributed by atoms with Crippen molar-refractivity contribution in [3.63, 3.8) is 0 Å². The van der Waals surface area contributed by atoms with Crippen LogP contribution in [0.25, 0.3) is 0 Å². The van der Waals surface area contributed by atoms with Crippen LogP contribution in [0, 0.1) is 0 Å². The van der Waals surface area contributed by atoms with E-state index in [1.807, 2.05) is 18.2 Å². The van der Waals surface area contributed by atoms with Gasteiger partial charge in [-0.25, -0.2) is 0 Å². The minimum Gasteiger partial charge on any atom is -0.367 e. The van der Waals surface area contributed by atoms with Crippen LogP contribution in [0.2, 0.25) is 0 Å². The number of H-pyrrole nitrogens is 1. The molecule has 1 aliphatic rings. The van der Waals surface area contributed by atoms with Gasteiger partial charge in [0, 0.05) is 26.2 Å². The summed E-state index contributed by atoms with van der Waals surface area (Å²) >= 11 is 3.50. The molecule has 134 valence electrons. The lowest BCUT2D eigenvalue weighted by molar-refractivity contribution is 0.102. The molecule has 1 fully saturated rings. The number of benzene rings is 1. The van der Waals surface area contributed by atoms with Gasteiger partial charge < -0.3 is 15.1 Å². The van der Waals surface area contributed by atoms with Crippen molar-refractivity contribution < 1.29 is 4.79 Å². The van der Waals surface area contributed by atoms with Gasteiger partial charge in [-0.1, -0.05) is 26.0 Å². The highest BCUT2D eigenvalue weighted by atomic mass is 79.9. The molecule has 1 saturated heterocycles. The molecule has 0 aliphatic carbocycles. The number of aromatic nitrogens is 2. The fraction of sp³-hybridized carbons (Fsp3) is 0.444. The van der Waals surface area contributed by atoms with Gasteiger partial charge in [0.05, 0.1) is 21.5 Å². The number of aromatic amines is 1. The minimum absolute atomic E-state index is 0.211. The largest absolute Gasteiger partial charge is 0.367 e. The Kier molecular flexibility index (Phi) is 5.44. The fourth-order valence-corrected chi connectivity index (χ4v) is 3.77. The van der Waals surface area contributed by atoms with Crippen molar-refractivity contribution in [2.45, 2.75) is 19.8 Å². The topological polar surface area (TPSA) is 64.3 Å². The molecule has 0 bridgehead atoms. The second-order valence-electron chi connectivity index (χ2n) is 6.72. The molecule has 1 amide bonds. The van der Waals surface area contributed by atoms with Gasteiger partial charge in [-0.05, 0) is 41.0 Å². The summed E-state index contributed by atoms with van der Waals surface area (Å²) in [5, 5.41) is 10.2. The number of rotatable bonds is 4. The fourth-order valence-electron chi connectivity index (χ4n) is 2.96. The number of anilines is 2. The normalized spacial score (nSPS) is 15.6. The molecular weight excluding hydrogens is 382 g/mol. The van der Waals surface area contributed by atoms with Crippen LogP contribution in [-0.4, -0.2) is 54.2 Å². The van der Waals surface area contributed by atoms with Crippen molar-refractivity contribution in [1.82, 2.24) is 15.1 Å². The second kappa shape index (κ2) is 7.58. The Labute approximate surface area is 156 Å². The molecule has 7 heteroatoms. The van der Waals surface area contributed by atoms with Crippen LogP contribution in [0.15, 0.2) is 28.7 Å². The van der Waals surface area contributed by atoms with E-state index in [1.165, 1.54) is 0 Å². The van der Waals surface area contributed by atoms with E-state index in [4.69, 9.17) is 0 Å². The number of nitrogens with one attached hydrogen (secondary N) is 2. The van der Waals surface area contributed by atoms with E-state index >= 15 is 0 Å². The predicted octanol–water partition coefficient (Wildman–Crippen LogP) is 3.30. The average molecular weight is 406 g/mol. The van der Waals surface area contributed by atoms with Gasteiger partial charge in [0.15, 0.2) is 5.69 Å². The molecule has 1 aromatic heterocycles. The van der Waals surface area contributed by atoms with E-state index in [1.54, 1.807) is 0 Å². The average Bonchev–Trinajstić information content (AvgIpc) is 2.98. The number of likely N-dealkylation sites (N-methyl/N-ethyl adjacent to an activating group) is 1. The number of para-hydroxylation sites is 2. The van der Waals surface area contributed by atoms with E-state index < -0.39 is 0 Å². The lowest BCUT2D eigenvalue weighted by atomic mass is 10.1. The van der Waals surface area contributed by atoms with Crippen LogP contribution in [0.5, 0.6) is 0 Å². The van der Waals surface area contributed by atoms with Gasteiger partial charge in [0.1, 0.15) is 0 Å². The molecule has 6 nitrogen and oxygen atoms in total. The number of nitrogens with zero attached hydrogens (tertiary/aromatic N) is 3. The van der Waals surface area contributed by atoms with Gasteiger partial charge in [-0.3, -0.25) is 9.89 Å². The summed E-state index contributed by atoms with van der Waals surface area (Å²) in [6.07, 6.45) is 0. The molecule has 0 atom stereocenters. The van der Waals surface area contributed by atoms with Crippen molar-refractivity contribution in [2.24, 2.45) is 0 Å². The molecule has 2 heterocycles. The minimum atomic E-state index is -0.211. The monoisotopic (exact) mass is 405 g/mol. The molecule has 0 saturated carbocycles. The smallest absolute Gasteiger partial charge is 0.277 e. The summed E-state index contributed by atoms with van der Waals surface area (Å²) < 4.78 is 0.733.